The SMILES string of the molecule is NC(=NCc1cccc(OC2CCCCC2)c1)NCCCN1CCOCC1. The van der Waals surface area contributed by atoms with E-state index in [-0.39, 0.29) is 0 Å². The molecule has 1 aliphatic carbocycles. The maximum atomic E-state index is 6.13. The van der Waals surface area contributed by atoms with Crippen molar-refractivity contribution in [3.63, 3.8) is 0 Å². The average Bonchev–Trinajstić information content (AvgIpc) is 2.71. The van der Waals surface area contributed by atoms with E-state index in [1.165, 1.54) is 32.1 Å². The number of nitrogens with zero attached hydrogens (tertiary/aromatic N) is 2. The highest BCUT2D eigenvalue weighted by Crippen LogP contribution is 2.24. The number of hydrogen-bond donors (Lipinski definition) is 2. The largest absolute Gasteiger partial charge is 0.490 e. The summed E-state index contributed by atoms with van der Waals surface area (Å²) in [6.45, 7) is 6.25. The minimum absolute atomic E-state index is 0.371. The zero-order valence-electron chi connectivity index (χ0n) is 16.4. The molecule has 6 nitrogen and oxygen atoms in total. The number of nitrogens with two attached hydrogens (primary N) is 1. The van der Waals surface area contributed by atoms with E-state index in [1.54, 1.807) is 0 Å². The van der Waals surface area contributed by atoms with Crippen LogP contribution in [-0.2, 0) is 11.3 Å². The van der Waals surface area contributed by atoms with E-state index in [0.717, 1.165) is 57.1 Å². The smallest absolute Gasteiger partial charge is 0.188 e. The number of guanidine groups is 1. The van der Waals surface area contributed by atoms with Gasteiger partial charge in [0, 0.05) is 19.6 Å². The van der Waals surface area contributed by atoms with Crippen molar-refractivity contribution in [3.8, 4) is 5.75 Å². The molecule has 0 spiro atoms. The lowest BCUT2D eigenvalue weighted by Gasteiger charge is -2.26. The van der Waals surface area contributed by atoms with Gasteiger partial charge < -0.3 is 20.5 Å². The van der Waals surface area contributed by atoms with Gasteiger partial charge in [-0.1, -0.05) is 18.6 Å². The standard InChI is InChI=1S/C21H34N4O2/c22-21(23-10-5-11-25-12-14-26-15-13-25)24-17-18-6-4-9-20(16-18)27-19-7-2-1-3-8-19/h4,6,9,16,19H,1-3,5,7-8,10-15,17H2,(H3,22,23,24). The molecule has 0 amide bonds. The van der Waals surface area contributed by atoms with E-state index in [1.807, 2.05) is 12.1 Å². The highest BCUT2D eigenvalue weighted by molar-refractivity contribution is 5.77. The van der Waals surface area contributed by atoms with Crippen molar-refractivity contribution in [1.82, 2.24) is 10.2 Å². The second-order valence-corrected chi connectivity index (χ2v) is 7.46. The third kappa shape index (κ3) is 7.39. The zero-order chi connectivity index (χ0) is 18.7. The van der Waals surface area contributed by atoms with Crippen LogP contribution in [0.25, 0.3) is 0 Å². The normalized spacial score (nSPS) is 19.8. The molecule has 1 saturated carbocycles. The van der Waals surface area contributed by atoms with Crippen molar-refractivity contribution < 1.29 is 9.47 Å². The first kappa shape index (κ1) is 20.0. The predicted octanol–water partition coefficient (Wildman–Crippen LogP) is 2.52. The molecule has 150 valence electrons. The summed E-state index contributed by atoms with van der Waals surface area (Å²) in [4.78, 5) is 6.89. The Bertz CT molecular complexity index is 581. The number of ether oxygens (including phenoxy) is 2. The van der Waals surface area contributed by atoms with Crippen LogP contribution in [0.5, 0.6) is 5.75 Å². The van der Waals surface area contributed by atoms with Crippen molar-refractivity contribution in [1.29, 1.82) is 0 Å². The Morgan fingerprint density at radius 1 is 1.22 bits per heavy atom. The Morgan fingerprint density at radius 3 is 2.85 bits per heavy atom. The summed E-state index contributed by atoms with van der Waals surface area (Å²) in [5.41, 5.74) is 7.13. The molecule has 2 fully saturated rings. The molecule has 2 aliphatic rings. The molecule has 3 N–H and O–H groups in total. The summed E-state index contributed by atoms with van der Waals surface area (Å²) < 4.78 is 11.5. The molecular weight excluding hydrogens is 340 g/mol. The summed E-state index contributed by atoms with van der Waals surface area (Å²) in [5, 5.41) is 3.21. The minimum atomic E-state index is 0.371. The van der Waals surface area contributed by atoms with Gasteiger partial charge in [0.2, 0.25) is 0 Å². The van der Waals surface area contributed by atoms with Gasteiger partial charge in [0.1, 0.15) is 5.75 Å². The second-order valence-electron chi connectivity index (χ2n) is 7.46. The molecule has 0 aromatic heterocycles. The van der Waals surface area contributed by atoms with Crippen LogP contribution < -0.4 is 15.8 Å². The van der Waals surface area contributed by atoms with Gasteiger partial charge in [-0.2, -0.15) is 0 Å². The van der Waals surface area contributed by atoms with Crippen LogP contribution in [0.1, 0.15) is 44.1 Å². The van der Waals surface area contributed by atoms with Gasteiger partial charge in [-0.25, -0.2) is 4.99 Å². The molecule has 1 aromatic rings. The number of benzene rings is 1. The van der Waals surface area contributed by atoms with Gasteiger partial charge in [-0.15, -0.1) is 0 Å². The van der Waals surface area contributed by atoms with E-state index in [4.69, 9.17) is 15.2 Å². The fourth-order valence-electron chi connectivity index (χ4n) is 3.67. The Balaban J connectivity index is 1.36. The van der Waals surface area contributed by atoms with Crippen molar-refractivity contribution in [2.75, 3.05) is 39.4 Å². The van der Waals surface area contributed by atoms with E-state index in [2.05, 4.69) is 27.3 Å². The first-order valence-corrected chi connectivity index (χ1v) is 10.4. The maximum absolute atomic E-state index is 6.13. The molecule has 6 heteroatoms. The highest BCUT2D eigenvalue weighted by Gasteiger charge is 2.14. The molecule has 0 bridgehead atoms. The van der Waals surface area contributed by atoms with Crippen LogP contribution in [0.3, 0.4) is 0 Å². The molecule has 1 aliphatic heterocycles. The Kier molecular flexibility index (Phi) is 8.24. The molecular formula is C21H34N4O2. The topological polar surface area (TPSA) is 72.1 Å². The third-order valence-corrected chi connectivity index (χ3v) is 5.25. The maximum Gasteiger partial charge on any atom is 0.188 e. The molecule has 27 heavy (non-hydrogen) atoms. The number of aliphatic imine (C=N–C) groups is 1. The lowest BCUT2D eigenvalue weighted by atomic mass is 9.98. The lowest BCUT2D eigenvalue weighted by Crippen LogP contribution is -2.39. The van der Waals surface area contributed by atoms with Gasteiger partial charge in [0.15, 0.2) is 5.96 Å². The molecule has 0 radical (unpaired) electrons. The van der Waals surface area contributed by atoms with E-state index >= 15 is 0 Å². The quantitative estimate of drug-likeness (QED) is 0.416. The van der Waals surface area contributed by atoms with Crippen LogP contribution in [-0.4, -0.2) is 56.4 Å². The molecule has 1 aromatic carbocycles. The van der Waals surface area contributed by atoms with Crippen molar-refractivity contribution >= 4 is 5.96 Å². The summed E-state index contributed by atoms with van der Waals surface area (Å²) in [6.07, 6.45) is 7.67. The number of nitrogens with one attached hydrogen (secondary N) is 1. The molecule has 1 saturated heterocycles. The fraction of sp³-hybridized carbons (Fsp3) is 0.667. The van der Waals surface area contributed by atoms with Crippen LogP contribution in [0.2, 0.25) is 0 Å². The highest BCUT2D eigenvalue weighted by atomic mass is 16.5. The van der Waals surface area contributed by atoms with Crippen molar-refractivity contribution in [2.24, 2.45) is 10.7 Å². The van der Waals surface area contributed by atoms with E-state index in [9.17, 15) is 0 Å². The Morgan fingerprint density at radius 2 is 2.04 bits per heavy atom. The van der Waals surface area contributed by atoms with Gasteiger partial charge >= 0.3 is 0 Å². The van der Waals surface area contributed by atoms with Crippen molar-refractivity contribution in [3.05, 3.63) is 29.8 Å². The van der Waals surface area contributed by atoms with E-state index < -0.39 is 0 Å². The lowest BCUT2D eigenvalue weighted by molar-refractivity contribution is 0.0376. The molecule has 0 atom stereocenters. The predicted molar refractivity (Wildman–Crippen MR) is 109 cm³/mol. The first-order valence-electron chi connectivity index (χ1n) is 10.4. The number of hydrogen-bond acceptors (Lipinski definition) is 4. The van der Waals surface area contributed by atoms with Crippen molar-refractivity contribution in [2.45, 2.75) is 51.2 Å². The molecule has 3 rings (SSSR count). The molecule has 1 heterocycles. The summed E-state index contributed by atoms with van der Waals surface area (Å²) in [5.74, 6) is 1.46. The zero-order valence-corrected chi connectivity index (χ0v) is 16.4. The minimum Gasteiger partial charge on any atom is -0.490 e. The summed E-state index contributed by atoms with van der Waals surface area (Å²) >= 11 is 0. The third-order valence-electron chi connectivity index (χ3n) is 5.25. The first-order chi connectivity index (χ1) is 13.3. The van der Waals surface area contributed by atoms with Gasteiger partial charge in [0.25, 0.3) is 0 Å². The van der Waals surface area contributed by atoms with Crippen LogP contribution in [0.4, 0.5) is 0 Å². The molecule has 0 unspecified atom stereocenters. The summed E-state index contributed by atoms with van der Waals surface area (Å²) in [7, 11) is 0. The van der Waals surface area contributed by atoms with Crippen LogP contribution in [0, 0.1) is 0 Å². The average molecular weight is 375 g/mol. The number of rotatable bonds is 8. The van der Waals surface area contributed by atoms with E-state index in [0.29, 0.717) is 18.6 Å². The second kappa shape index (κ2) is 11.1. The fourth-order valence-corrected chi connectivity index (χ4v) is 3.67. The van der Waals surface area contributed by atoms with Gasteiger partial charge in [0.05, 0.1) is 25.9 Å². The Labute approximate surface area is 163 Å². The monoisotopic (exact) mass is 374 g/mol. The number of morpholine rings is 1. The Hall–Kier alpha value is -1.79. The van der Waals surface area contributed by atoms with Crippen LogP contribution >= 0.6 is 0 Å². The van der Waals surface area contributed by atoms with Gasteiger partial charge in [-0.05, 0) is 56.3 Å². The summed E-state index contributed by atoms with van der Waals surface area (Å²) in [6, 6.07) is 8.23. The van der Waals surface area contributed by atoms with Gasteiger partial charge in [-0.3, -0.25) is 4.90 Å². The van der Waals surface area contributed by atoms with Crippen LogP contribution in [0.15, 0.2) is 29.3 Å².